The van der Waals surface area contributed by atoms with E-state index >= 15 is 0 Å². The molecule has 0 aliphatic carbocycles. The van der Waals surface area contributed by atoms with Gasteiger partial charge in [0.05, 0.1) is 14.2 Å². The molecular formula is C18H22N4O5. The summed E-state index contributed by atoms with van der Waals surface area (Å²) in [6.07, 6.45) is 1.73. The molecule has 0 bridgehead atoms. The number of nitrogens with zero attached hydrogens (tertiary/aromatic N) is 3. The van der Waals surface area contributed by atoms with E-state index in [2.05, 4.69) is 15.3 Å². The summed E-state index contributed by atoms with van der Waals surface area (Å²) in [5.74, 6) is 2.28. The number of hydrogen-bond acceptors (Lipinski definition) is 7. The number of ether oxygens (including phenoxy) is 3. The lowest BCUT2D eigenvalue weighted by molar-refractivity contribution is 0.0870. The summed E-state index contributed by atoms with van der Waals surface area (Å²) in [5.41, 5.74) is 0.784. The van der Waals surface area contributed by atoms with Gasteiger partial charge in [-0.25, -0.2) is 14.8 Å². The van der Waals surface area contributed by atoms with Gasteiger partial charge < -0.3 is 29.5 Å². The number of piperidine rings is 1. The smallest absolute Gasteiger partial charge is 0.407 e. The lowest BCUT2D eigenvalue weighted by atomic mass is 10.1. The molecule has 1 fully saturated rings. The molecule has 0 radical (unpaired) electrons. The van der Waals surface area contributed by atoms with E-state index in [9.17, 15) is 4.79 Å². The normalized spacial score (nSPS) is 14.5. The minimum Gasteiger partial charge on any atom is -0.493 e. The van der Waals surface area contributed by atoms with Gasteiger partial charge in [-0.2, -0.15) is 0 Å². The number of methoxy groups -OCH3 is 2. The molecule has 1 amide bonds. The maximum atomic E-state index is 11.0. The van der Waals surface area contributed by atoms with Crippen LogP contribution in [0.2, 0.25) is 0 Å². The van der Waals surface area contributed by atoms with Gasteiger partial charge in [0, 0.05) is 43.8 Å². The SMILES string of the molecule is COc1ccc(Nc2cc(OC3CCN(C(=O)O)CC3)ncn2)cc1OC. The topological polar surface area (TPSA) is 106 Å². The van der Waals surface area contributed by atoms with E-state index in [1.54, 1.807) is 26.4 Å². The Kier molecular flexibility index (Phi) is 5.80. The van der Waals surface area contributed by atoms with Gasteiger partial charge in [0.15, 0.2) is 11.5 Å². The number of anilines is 2. The van der Waals surface area contributed by atoms with Gasteiger partial charge >= 0.3 is 6.09 Å². The molecule has 0 atom stereocenters. The van der Waals surface area contributed by atoms with Crippen molar-refractivity contribution in [2.24, 2.45) is 0 Å². The van der Waals surface area contributed by atoms with E-state index in [0.29, 0.717) is 49.1 Å². The van der Waals surface area contributed by atoms with Crippen molar-refractivity contribution in [3.63, 3.8) is 0 Å². The van der Waals surface area contributed by atoms with Gasteiger partial charge in [0.1, 0.15) is 18.2 Å². The first-order valence-corrected chi connectivity index (χ1v) is 8.54. The minimum absolute atomic E-state index is 0.0653. The monoisotopic (exact) mass is 374 g/mol. The average molecular weight is 374 g/mol. The zero-order valence-electron chi connectivity index (χ0n) is 15.2. The predicted octanol–water partition coefficient (Wildman–Crippen LogP) is 2.76. The van der Waals surface area contributed by atoms with E-state index in [4.69, 9.17) is 19.3 Å². The summed E-state index contributed by atoms with van der Waals surface area (Å²) in [5, 5.41) is 12.2. The van der Waals surface area contributed by atoms with Crippen LogP contribution in [0.15, 0.2) is 30.6 Å². The van der Waals surface area contributed by atoms with Crippen molar-refractivity contribution < 1.29 is 24.1 Å². The van der Waals surface area contributed by atoms with E-state index in [1.165, 1.54) is 11.2 Å². The zero-order valence-corrected chi connectivity index (χ0v) is 15.2. The molecule has 0 saturated carbocycles. The largest absolute Gasteiger partial charge is 0.493 e. The Morgan fingerprint density at radius 2 is 1.89 bits per heavy atom. The first kappa shape index (κ1) is 18.6. The van der Waals surface area contributed by atoms with Crippen LogP contribution in [0.5, 0.6) is 17.4 Å². The van der Waals surface area contributed by atoms with Crippen LogP contribution in [0.3, 0.4) is 0 Å². The maximum Gasteiger partial charge on any atom is 0.407 e. The first-order chi connectivity index (χ1) is 13.1. The van der Waals surface area contributed by atoms with Crippen molar-refractivity contribution in [2.75, 3.05) is 32.6 Å². The molecule has 27 heavy (non-hydrogen) atoms. The second-order valence-corrected chi connectivity index (χ2v) is 6.02. The molecule has 1 aromatic carbocycles. The van der Waals surface area contributed by atoms with Crippen molar-refractivity contribution >= 4 is 17.6 Å². The molecule has 144 valence electrons. The molecule has 1 aromatic heterocycles. The molecule has 9 nitrogen and oxygen atoms in total. The number of benzene rings is 1. The molecular weight excluding hydrogens is 352 g/mol. The van der Waals surface area contributed by atoms with Crippen LogP contribution in [0, 0.1) is 0 Å². The molecule has 3 rings (SSSR count). The summed E-state index contributed by atoms with van der Waals surface area (Å²) in [7, 11) is 3.16. The number of hydrogen-bond donors (Lipinski definition) is 2. The average Bonchev–Trinajstić information content (AvgIpc) is 2.68. The van der Waals surface area contributed by atoms with Crippen LogP contribution in [0.1, 0.15) is 12.8 Å². The molecule has 2 heterocycles. The lowest BCUT2D eigenvalue weighted by Gasteiger charge is -2.29. The van der Waals surface area contributed by atoms with Crippen LogP contribution >= 0.6 is 0 Å². The highest BCUT2D eigenvalue weighted by Gasteiger charge is 2.23. The fourth-order valence-corrected chi connectivity index (χ4v) is 2.87. The number of carboxylic acid groups (broad SMARTS) is 1. The number of likely N-dealkylation sites (tertiary alicyclic amines) is 1. The van der Waals surface area contributed by atoms with Crippen molar-refractivity contribution in [1.29, 1.82) is 0 Å². The summed E-state index contributed by atoms with van der Waals surface area (Å²) in [4.78, 5) is 20.7. The Bertz CT molecular complexity index is 793. The second-order valence-electron chi connectivity index (χ2n) is 6.02. The Morgan fingerprint density at radius 3 is 2.56 bits per heavy atom. The third kappa shape index (κ3) is 4.69. The van der Waals surface area contributed by atoms with E-state index in [1.807, 2.05) is 12.1 Å². The van der Waals surface area contributed by atoms with Gasteiger partial charge in [-0.1, -0.05) is 0 Å². The minimum atomic E-state index is -0.892. The lowest BCUT2D eigenvalue weighted by Crippen LogP contribution is -2.41. The highest BCUT2D eigenvalue weighted by Crippen LogP contribution is 2.31. The van der Waals surface area contributed by atoms with Gasteiger partial charge in [-0.15, -0.1) is 0 Å². The predicted molar refractivity (Wildman–Crippen MR) is 98.1 cm³/mol. The Balaban J connectivity index is 1.63. The molecule has 0 unspecified atom stereocenters. The van der Waals surface area contributed by atoms with Crippen molar-refractivity contribution in [1.82, 2.24) is 14.9 Å². The van der Waals surface area contributed by atoms with E-state index < -0.39 is 6.09 Å². The van der Waals surface area contributed by atoms with Crippen LogP contribution in [0.4, 0.5) is 16.3 Å². The van der Waals surface area contributed by atoms with Crippen LogP contribution in [-0.2, 0) is 0 Å². The number of aromatic nitrogens is 2. The van der Waals surface area contributed by atoms with E-state index in [-0.39, 0.29) is 6.10 Å². The Labute approximate surface area is 156 Å². The Hall–Kier alpha value is -3.23. The van der Waals surface area contributed by atoms with Crippen molar-refractivity contribution in [2.45, 2.75) is 18.9 Å². The number of nitrogens with one attached hydrogen (secondary N) is 1. The standard InChI is InChI=1S/C18H22N4O5/c1-25-14-4-3-12(9-15(14)26-2)21-16-10-17(20-11-19-16)27-13-5-7-22(8-6-13)18(23)24/h3-4,9-11,13H,5-8H2,1-2H3,(H,23,24)(H,19,20,21). The van der Waals surface area contributed by atoms with Crippen LogP contribution in [-0.4, -0.2) is 59.5 Å². The molecule has 1 aliphatic heterocycles. The number of amides is 1. The van der Waals surface area contributed by atoms with Gasteiger partial charge in [0.2, 0.25) is 5.88 Å². The fourth-order valence-electron chi connectivity index (χ4n) is 2.87. The molecule has 0 spiro atoms. The molecule has 2 N–H and O–H groups in total. The first-order valence-electron chi connectivity index (χ1n) is 8.54. The Morgan fingerprint density at radius 1 is 1.15 bits per heavy atom. The fraction of sp³-hybridized carbons (Fsp3) is 0.389. The maximum absolute atomic E-state index is 11.0. The summed E-state index contributed by atoms with van der Waals surface area (Å²) in [6.45, 7) is 0.920. The van der Waals surface area contributed by atoms with Crippen molar-refractivity contribution in [3.8, 4) is 17.4 Å². The highest BCUT2D eigenvalue weighted by atomic mass is 16.5. The van der Waals surface area contributed by atoms with Gasteiger partial charge in [0.25, 0.3) is 0 Å². The third-order valence-corrected chi connectivity index (χ3v) is 4.30. The summed E-state index contributed by atoms with van der Waals surface area (Å²) >= 11 is 0. The molecule has 1 aliphatic rings. The summed E-state index contributed by atoms with van der Waals surface area (Å²) < 4.78 is 16.4. The van der Waals surface area contributed by atoms with Crippen molar-refractivity contribution in [3.05, 3.63) is 30.6 Å². The third-order valence-electron chi connectivity index (χ3n) is 4.30. The van der Waals surface area contributed by atoms with E-state index in [0.717, 1.165) is 5.69 Å². The number of carbonyl (C=O) groups is 1. The van der Waals surface area contributed by atoms with Crippen LogP contribution < -0.4 is 19.5 Å². The van der Waals surface area contributed by atoms with Crippen LogP contribution in [0.25, 0.3) is 0 Å². The number of rotatable bonds is 6. The highest BCUT2D eigenvalue weighted by molar-refractivity contribution is 5.65. The molecule has 9 heteroatoms. The second kappa shape index (κ2) is 8.43. The quantitative estimate of drug-likeness (QED) is 0.795. The molecule has 1 saturated heterocycles. The summed E-state index contributed by atoms with van der Waals surface area (Å²) in [6, 6.07) is 7.17. The zero-order chi connectivity index (χ0) is 19.2. The van der Waals surface area contributed by atoms with Gasteiger partial charge in [-0.3, -0.25) is 0 Å². The molecule has 2 aromatic rings. The van der Waals surface area contributed by atoms with Gasteiger partial charge in [-0.05, 0) is 12.1 Å².